The lowest BCUT2D eigenvalue weighted by molar-refractivity contribution is 0.0955. The fraction of sp³-hybridized carbons (Fsp3) is 0.226. The zero-order valence-electron chi connectivity index (χ0n) is 21.2. The molecule has 1 aromatic heterocycles. The van der Waals surface area contributed by atoms with Crippen LogP contribution in [0, 0.1) is 20.8 Å². The number of hydrogen-bond acceptors (Lipinski definition) is 3. The van der Waals surface area contributed by atoms with Crippen LogP contribution in [0.2, 0.25) is 0 Å². The Morgan fingerprint density at radius 2 is 1.67 bits per heavy atom. The van der Waals surface area contributed by atoms with Gasteiger partial charge in [-0.05, 0) is 74.2 Å². The highest BCUT2D eigenvalue weighted by molar-refractivity contribution is 5.95. The molecule has 0 unspecified atom stereocenters. The Kier molecular flexibility index (Phi) is 6.83. The van der Waals surface area contributed by atoms with Crippen LogP contribution in [-0.4, -0.2) is 28.1 Å². The largest absolute Gasteiger partial charge is 0.318 e. The summed E-state index contributed by atoms with van der Waals surface area (Å²) in [5.74, 6) is -0.211. The number of nitrogens with one attached hydrogen (secondary N) is 1. The van der Waals surface area contributed by atoms with Gasteiger partial charge in [0.15, 0.2) is 0 Å². The van der Waals surface area contributed by atoms with Crippen LogP contribution in [0.4, 0.5) is 0 Å². The van der Waals surface area contributed by atoms with E-state index < -0.39 is 0 Å². The first-order valence-corrected chi connectivity index (χ1v) is 12.5. The molecule has 1 amide bonds. The van der Waals surface area contributed by atoms with Gasteiger partial charge in [0.1, 0.15) is 0 Å². The first kappa shape index (κ1) is 23.8. The standard InChI is InChI=1S/C31H32N4O/c1-22-8-14-30(15-9-22)35-23(2)18-29(24(35)3)19-32-33-31(36)27-12-10-25(11-13-27)20-34-17-16-26-6-4-5-7-28(26)21-34/h4-15,18-19H,16-17,20-21H2,1-3H3,(H,33,36)/b32-19+. The predicted molar refractivity (Wildman–Crippen MR) is 146 cm³/mol. The van der Waals surface area contributed by atoms with Gasteiger partial charge in [0.2, 0.25) is 0 Å². The van der Waals surface area contributed by atoms with Crippen molar-refractivity contribution in [3.63, 3.8) is 0 Å². The number of hydrogen-bond donors (Lipinski definition) is 1. The summed E-state index contributed by atoms with van der Waals surface area (Å²) in [6, 6.07) is 27.0. The van der Waals surface area contributed by atoms with Crippen molar-refractivity contribution in [3.05, 3.63) is 124 Å². The molecule has 0 bridgehead atoms. The minimum absolute atomic E-state index is 0.211. The van der Waals surface area contributed by atoms with Crippen molar-refractivity contribution < 1.29 is 4.79 Å². The number of carbonyl (C=O) groups is 1. The Bertz CT molecular complexity index is 1400. The van der Waals surface area contributed by atoms with Crippen molar-refractivity contribution in [3.8, 4) is 5.69 Å². The van der Waals surface area contributed by atoms with Crippen molar-refractivity contribution in [2.24, 2.45) is 5.10 Å². The van der Waals surface area contributed by atoms with Crippen LogP contribution in [0.15, 0.2) is 84.0 Å². The molecule has 0 aliphatic carbocycles. The van der Waals surface area contributed by atoms with Gasteiger partial charge in [-0.15, -0.1) is 0 Å². The molecule has 0 saturated carbocycles. The van der Waals surface area contributed by atoms with Crippen LogP contribution < -0.4 is 5.43 Å². The lowest BCUT2D eigenvalue weighted by Crippen LogP contribution is -2.30. The van der Waals surface area contributed by atoms with Crippen LogP contribution in [0.1, 0.15) is 49.6 Å². The third-order valence-corrected chi connectivity index (χ3v) is 6.96. The number of aryl methyl sites for hydroxylation is 2. The molecule has 182 valence electrons. The van der Waals surface area contributed by atoms with Crippen LogP contribution in [-0.2, 0) is 19.5 Å². The number of rotatable bonds is 6. The minimum atomic E-state index is -0.211. The molecule has 1 aliphatic rings. The fourth-order valence-electron chi connectivity index (χ4n) is 4.94. The predicted octanol–water partition coefficient (Wildman–Crippen LogP) is 5.72. The maximum atomic E-state index is 12.6. The Labute approximate surface area is 213 Å². The third-order valence-electron chi connectivity index (χ3n) is 6.96. The highest BCUT2D eigenvalue weighted by atomic mass is 16.2. The smallest absolute Gasteiger partial charge is 0.271 e. The first-order chi connectivity index (χ1) is 17.5. The van der Waals surface area contributed by atoms with E-state index in [0.29, 0.717) is 5.56 Å². The Balaban J connectivity index is 1.19. The van der Waals surface area contributed by atoms with E-state index in [2.05, 4.69) is 95.4 Å². The number of fused-ring (bicyclic) bond motifs is 1. The van der Waals surface area contributed by atoms with Gasteiger partial charge in [-0.3, -0.25) is 9.69 Å². The van der Waals surface area contributed by atoms with Gasteiger partial charge in [0.25, 0.3) is 5.91 Å². The van der Waals surface area contributed by atoms with Crippen molar-refractivity contribution >= 4 is 12.1 Å². The lowest BCUT2D eigenvalue weighted by Gasteiger charge is -2.28. The Morgan fingerprint density at radius 1 is 0.944 bits per heavy atom. The monoisotopic (exact) mass is 476 g/mol. The summed E-state index contributed by atoms with van der Waals surface area (Å²) < 4.78 is 2.20. The van der Waals surface area contributed by atoms with Crippen molar-refractivity contribution in [2.75, 3.05) is 6.54 Å². The highest BCUT2D eigenvalue weighted by Gasteiger charge is 2.16. The van der Waals surface area contributed by atoms with E-state index in [1.54, 1.807) is 6.21 Å². The van der Waals surface area contributed by atoms with Gasteiger partial charge in [-0.1, -0.05) is 54.1 Å². The molecule has 0 spiro atoms. The lowest BCUT2D eigenvalue weighted by atomic mass is 9.99. The normalized spacial score (nSPS) is 13.6. The summed E-state index contributed by atoms with van der Waals surface area (Å²) in [6.45, 7) is 9.13. The summed E-state index contributed by atoms with van der Waals surface area (Å²) in [7, 11) is 0. The second kappa shape index (κ2) is 10.3. The number of carbonyl (C=O) groups excluding carboxylic acids is 1. The van der Waals surface area contributed by atoms with E-state index in [1.165, 1.54) is 22.3 Å². The Morgan fingerprint density at radius 3 is 2.42 bits per heavy atom. The molecule has 3 aromatic carbocycles. The van der Waals surface area contributed by atoms with Crippen molar-refractivity contribution in [1.29, 1.82) is 0 Å². The first-order valence-electron chi connectivity index (χ1n) is 12.5. The highest BCUT2D eigenvalue weighted by Crippen LogP contribution is 2.21. The van der Waals surface area contributed by atoms with Gasteiger partial charge < -0.3 is 4.57 Å². The molecule has 2 heterocycles. The zero-order valence-corrected chi connectivity index (χ0v) is 21.2. The number of aromatic nitrogens is 1. The van der Waals surface area contributed by atoms with E-state index in [4.69, 9.17) is 0 Å². The molecule has 1 N–H and O–H groups in total. The average Bonchev–Trinajstić information content (AvgIpc) is 3.17. The van der Waals surface area contributed by atoms with Crippen molar-refractivity contribution in [2.45, 2.75) is 40.3 Å². The quantitative estimate of drug-likeness (QED) is 0.286. The van der Waals surface area contributed by atoms with Gasteiger partial charge >= 0.3 is 0 Å². The molecule has 5 heteroatoms. The SMILES string of the molecule is Cc1ccc(-n2c(C)cc(/C=N/NC(=O)c3ccc(CN4CCc5ccccc5C4)cc3)c2C)cc1. The molecule has 36 heavy (non-hydrogen) atoms. The summed E-state index contributed by atoms with van der Waals surface area (Å²) in [6.07, 6.45) is 2.80. The number of nitrogens with zero attached hydrogens (tertiary/aromatic N) is 3. The molecular formula is C31H32N4O. The van der Waals surface area contributed by atoms with E-state index in [1.807, 2.05) is 24.3 Å². The van der Waals surface area contributed by atoms with Gasteiger partial charge in [-0.25, -0.2) is 5.43 Å². The van der Waals surface area contributed by atoms with Gasteiger partial charge in [0, 0.05) is 47.8 Å². The number of hydrazone groups is 1. The number of amides is 1. The molecule has 0 radical (unpaired) electrons. The zero-order chi connectivity index (χ0) is 25.1. The molecule has 5 nitrogen and oxygen atoms in total. The van der Waals surface area contributed by atoms with E-state index in [9.17, 15) is 4.79 Å². The topological polar surface area (TPSA) is 49.6 Å². The van der Waals surface area contributed by atoms with Crippen LogP contribution >= 0.6 is 0 Å². The average molecular weight is 477 g/mol. The Hall–Kier alpha value is -3.96. The van der Waals surface area contributed by atoms with Crippen molar-refractivity contribution in [1.82, 2.24) is 14.9 Å². The molecule has 1 aliphatic heterocycles. The minimum Gasteiger partial charge on any atom is -0.318 e. The van der Waals surface area contributed by atoms with Crippen LogP contribution in [0.5, 0.6) is 0 Å². The van der Waals surface area contributed by atoms with E-state index in [-0.39, 0.29) is 5.91 Å². The third kappa shape index (κ3) is 5.16. The maximum absolute atomic E-state index is 12.6. The summed E-state index contributed by atoms with van der Waals surface area (Å²) in [5, 5.41) is 4.23. The summed E-state index contributed by atoms with van der Waals surface area (Å²) in [5.41, 5.74) is 12.9. The fourth-order valence-corrected chi connectivity index (χ4v) is 4.94. The summed E-state index contributed by atoms with van der Waals surface area (Å²) in [4.78, 5) is 15.1. The molecule has 0 fully saturated rings. The molecule has 5 rings (SSSR count). The van der Waals surface area contributed by atoms with Gasteiger partial charge in [0.05, 0.1) is 6.21 Å². The van der Waals surface area contributed by atoms with Crippen LogP contribution in [0.25, 0.3) is 5.69 Å². The molecule has 4 aromatic rings. The maximum Gasteiger partial charge on any atom is 0.271 e. The second-order valence-corrected chi connectivity index (χ2v) is 9.62. The van der Waals surface area contributed by atoms with Gasteiger partial charge in [-0.2, -0.15) is 5.10 Å². The van der Waals surface area contributed by atoms with Crippen LogP contribution in [0.3, 0.4) is 0 Å². The molecule has 0 saturated heterocycles. The van der Waals surface area contributed by atoms with E-state index >= 15 is 0 Å². The second-order valence-electron chi connectivity index (χ2n) is 9.62. The number of benzene rings is 3. The summed E-state index contributed by atoms with van der Waals surface area (Å²) >= 11 is 0. The molecule has 0 atom stereocenters. The molecular weight excluding hydrogens is 444 g/mol. The van der Waals surface area contributed by atoms with E-state index in [0.717, 1.165) is 48.7 Å².